The summed E-state index contributed by atoms with van der Waals surface area (Å²) in [6.07, 6.45) is 1.08. The molecule has 0 saturated carbocycles. The fourth-order valence-electron chi connectivity index (χ4n) is 5.39. The van der Waals surface area contributed by atoms with Crippen molar-refractivity contribution in [3.63, 3.8) is 0 Å². The van der Waals surface area contributed by atoms with E-state index >= 15 is 0 Å². The summed E-state index contributed by atoms with van der Waals surface area (Å²) in [6, 6.07) is 22.0. The molecule has 3 aromatic rings. The molecule has 1 saturated heterocycles. The zero-order valence-corrected chi connectivity index (χ0v) is 29.8. The van der Waals surface area contributed by atoms with Gasteiger partial charge in [0.15, 0.2) is 0 Å². The van der Waals surface area contributed by atoms with E-state index in [4.69, 9.17) is 25.1 Å². The number of aromatic hydroxyl groups is 1. The molecule has 2 unspecified atom stereocenters. The number of aliphatic imine (C=N–C) groups is 1. The van der Waals surface area contributed by atoms with Crippen LogP contribution in [0, 0.1) is 0 Å². The zero-order valence-electron chi connectivity index (χ0n) is 28.7. The molecule has 0 radical (unpaired) electrons. The van der Waals surface area contributed by atoms with Gasteiger partial charge in [0, 0.05) is 26.2 Å². The minimum atomic E-state index is -0.827. The molecule has 4 N–H and O–H groups in total. The van der Waals surface area contributed by atoms with Crippen LogP contribution >= 0.6 is 9.24 Å². The first kappa shape index (κ1) is 41.0. The van der Waals surface area contributed by atoms with Gasteiger partial charge in [-0.15, -0.1) is 9.24 Å². The van der Waals surface area contributed by atoms with Gasteiger partial charge in [-0.3, -0.25) is 20.1 Å². The van der Waals surface area contributed by atoms with Crippen LogP contribution in [0.2, 0.25) is 0 Å². The lowest BCUT2D eigenvalue weighted by molar-refractivity contribution is -0.0987. The van der Waals surface area contributed by atoms with Gasteiger partial charge in [0.25, 0.3) is 0 Å². The van der Waals surface area contributed by atoms with Crippen molar-refractivity contribution in [2.24, 2.45) is 10.7 Å². The lowest BCUT2D eigenvalue weighted by atomic mass is 9.99. The summed E-state index contributed by atoms with van der Waals surface area (Å²) >= 11 is 0. The number of nitrogens with one attached hydrogen (secondary N) is 1. The van der Waals surface area contributed by atoms with Gasteiger partial charge in [0.05, 0.1) is 23.8 Å². The van der Waals surface area contributed by atoms with E-state index in [2.05, 4.69) is 26.4 Å². The number of carbonyl (C=O) groups is 3. The van der Waals surface area contributed by atoms with Gasteiger partial charge < -0.3 is 30.1 Å². The van der Waals surface area contributed by atoms with Gasteiger partial charge in [-0.05, 0) is 67.6 Å². The summed E-state index contributed by atoms with van der Waals surface area (Å²) < 4.78 is 19.0. The molecule has 2 aliphatic rings. The largest absolute Gasteiger partial charge is 0.508 e. The summed E-state index contributed by atoms with van der Waals surface area (Å²) in [4.78, 5) is 40.8. The predicted octanol–water partition coefficient (Wildman–Crippen LogP) is 3.86. The first-order valence-electron chi connectivity index (χ1n) is 16.0. The standard InChI is InChI=1S/C28H39FN6O3.C6H7P.2CH2O/c1-4-12-33-13-15-34(16-14-33)27(37)35-24(20-5-8-22(36)9-6-20)19-32-26(35)23-10-7-21(28(2,30)31-3)18-25(23)38-17-11-29;7-6-4-2-1-3-5-6;2*1-2/h5-10,18,24,31,36H,4,11-17,19,30H2,1-3H3;1-5H,7H2;2*1H2/t24-,28?;;;/m0.../s1. The second-order valence-electron chi connectivity index (χ2n) is 11.4. The number of ether oxygens (including phenoxy) is 1. The lowest BCUT2D eigenvalue weighted by Crippen LogP contribution is -2.54. The van der Waals surface area contributed by atoms with Gasteiger partial charge in [-0.2, -0.15) is 0 Å². The maximum atomic E-state index is 14.1. The molecular weight excluding hydrogens is 646 g/mol. The Kier molecular flexibility index (Phi) is 17.5. The molecule has 0 spiro atoms. The van der Waals surface area contributed by atoms with Crippen molar-refractivity contribution < 1.29 is 28.6 Å². The number of phenolic OH excluding ortho intramolecular Hbond substituents is 1. The molecule has 13 heteroatoms. The van der Waals surface area contributed by atoms with Crippen LogP contribution in [0.25, 0.3) is 0 Å². The first-order chi connectivity index (χ1) is 23.7. The summed E-state index contributed by atoms with van der Waals surface area (Å²) in [6.45, 7) is 11.5. The van der Waals surface area contributed by atoms with Crippen LogP contribution in [0.15, 0.2) is 77.8 Å². The Morgan fingerprint density at radius 1 is 1.06 bits per heavy atom. The SMILES string of the molecule is C=O.C=O.CCCN1CCN(C(=O)N2C(c3ccc(C(C)(N)NC)cc3OCCF)=NC[C@H]2c2ccc(O)cc2)CC1.Pc1ccccc1. The highest BCUT2D eigenvalue weighted by Crippen LogP contribution is 2.35. The molecule has 2 amide bonds. The van der Waals surface area contributed by atoms with Crippen molar-refractivity contribution >= 4 is 40.0 Å². The van der Waals surface area contributed by atoms with Crippen LogP contribution in [-0.4, -0.2) is 105 Å². The fourth-order valence-corrected chi connectivity index (χ4v) is 5.62. The number of rotatable bonds is 9. The summed E-state index contributed by atoms with van der Waals surface area (Å²) in [5, 5.41) is 14.1. The van der Waals surface area contributed by atoms with Crippen molar-refractivity contribution in [3.05, 3.63) is 89.5 Å². The smallest absolute Gasteiger partial charge is 0.326 e. The monoisotopic (exact) mass is 696 g/mol. The molecule has 49 heavy (non-hydrogen) atoms. The van der Waals surface area contributed by atoms with Crippen LogP contribution < -0.4 is 21.1 Å². The Morgan fingerprint density at radius 3 is 2.22 bits per heavy atom. The Hall–Kier alpha value is -4.22. The Balaban J connectivity index is 0.000000656. The van der Waals surface area contributed by atoms with Crippen molar-refractivity contribution in [3.8, 4) is 11.5 Å². The molecule has 3 atom stereocenters. The maximum Gasteiger partial charge on any atom is 0.326 e. The number of hydrogen-bond donors (Lipinski definition) is 3. The molecule has 1 fully saturated rings. The molecule has 0 aliphatic carbocycles. The number of amidine groups is 1. The maximum absolute atomic E-state index is 14.1. The average Bonchev–Trinajstić information content (AvgIpc) is 3.58. The number of carbonyl (C=O) groups excluding carboxylic acids is 3. The van der Waals surface area contributed by atoms with Gasteiger partial charge in [-0.1, -0.05) is 55.5 Å². The molecular formula is C36H50FN6O5P. The summed E-state index contributed by atoms with van der Waals surface area (Å²) in [5.74, 6) is 1.06. The van der Waals surface area contributed by atoms with E-state index in [0.29, 0.717) is 36.8 Å². The second-order valence-corrected chi connectivity index (χ2v) is 12.0. The number of piperazine rings is 1. The number of phenols is 1. The highest BCUT2D eigenvalue weighted by Gasteiger charge is 2.39. The van der Waals surface area contributed by atoms with Crippen LogP contribution in [0.1, 0.15) is 43.0 Å². The van der Waals surface area contributed by atoms with Crippen molar-refractivity contribution in [1.29, 1.82) is 0 Å². The summed E-state index contributed by atoms with van der Waals surface area (Å²) in [5.41, 5.74) is 7.79. The Bertz CT molecular complexity index is 1450. The van der Waals surface area contributed by atoms with E-state index in [1.54, 1.807) is 30.1 Å². The number of nitrogens with two attached hydrogens (primary N) is 1. The van der Waals surface area contributed by atoms with Crippen molar-refractivity contribution in [2.45, 2.75) is 32.0 Å². The zero-order chi connectivity index (χ0) is 36.4. The lowest BCUT2D eigenvalue weighted by Gasteiger charge is -2.38. The van der Waals surface area contributed by atoms with E-state index in [1.807, 2.05) is 80.0 Å². The van der Waals surface area contributed by atoms with E-state index in [9.17, 15) is 14.3 Å². The fraction of sp³-hybridized carbons (Fsp3) is 0.389. The Labute approximate surface area is 291 Å². The van der Waals surface area contributed by atoms with Crippen molar-refractivity contribution in [1.82, 2.24) is 20.0 Å². The first-order valence-corrected chi connectivity index (χ1v) is 16.6. The van der Waals surface area contributed by atoms with E-state index in [-0.39, 0.29) is 24.4 Å². The highest BCUT2D eigenvalue weighted by molar-refractivity contribution is 7.27. The van der Waals surface area contributed by atoms with Crippen molar-refractivity contribution in [2.75, 3.05) is 59.6 Å². The number of benzene rings is 3. The molecule has 2 heterocycles. The van der Waals surface area contributed by atoms with E-state index < -0.39 is 12.3 Å². The number of amides is 2. The third kappa shape index (κ3) is 11.4. The molecule has 5 rings (SSSR count). The average molecular weight is 697 g/mol. The number of nitrogens with zero attached hydrogens (tertiary/aromatic N) is 4. The van der Waals surface area contributed by atoms with E-state index in [1.165, 1.54) is 5.30 Å². The van der Waals surface area contributed by atoms with Crippen LogP contribution in [0.3, 0.4) is 0 Å². The predicted molar refractivity (Wildman–Crippen MR) is 196 cm³/mol. The van der Waals surface area contributed by atoms with Gasteiger partial charge in [0.2, 0.25) is 0 Å². The number of hydrogen-bond acceptors (Lipinski definition) is 9. The molecule has 2 aliphatic heterocycles. The number of halogens is 1. The van der Waals surface area contributed by atoms with Gasteiger partial charge in [0.1, 0.15) is 44.2 Å². The molecule has 0 bridgehead atoms. The second kappa shape index (κ2) is 21.0. The van der Waals surface area contributed by atoms with E-state index in [0.717, 1.165) is 37.2 Å². The van der Waals surface area contributed by atoms with Gasteiger partial charge >= 0.3 is 6.03 Å². The molecule has 0 aromatic heterocycles. The normalized spacial score (nSPS) is 16.8. The Morgan fingerprint density at radius 2 is 1.69 bits per heavy atom. The van der Waals surface area contributed by atoms with Gasteiger partial charge in [-0.25, -0.2) is 9.18 Å². The minimum absolute atomic E-state index is 0.126. The van der Waals surface area contributed by atoms with Crippen LogP contribution in [0.4, 0.5) is 9.18 Å². The third-order valence-electron chi connectivity index (χ3n) is 8.10. The third-order valence-corrected chi connectivity index (χ3v) is 8.48. The summed E-state index contributed by atoms with van der Waals surface area (Å²) in [7, 11) is 4.39. The topological polar surface area (TPSA) is 141 Å². The highest BCUT2D eigenvalue weighted by atomic mass is 31.0. The quantitative estimate of drug-likeness (QED) is 0.227. The van der Waals surface area contributed by atoms with Crippen LogP contribution in [0.5, 0.6) is 11.5 Å². The van der Waals surface area contributed by atoms with Crippen LogP contribution in [-0.2, 0) is 15.3 Å². The number of urea groups is 1. The number of alkyl halides is 1. The molecule has 266 valence electrons. The molecule has 3 aromatic carbocycles. The molecule has 11 nitrogen and oxygen atoms in total. The minimum Gasteiger partial charge on any atom is -0.508 e.